The second-order valence-electron chi connectivity index (χ2n) is 7.39. The van der Waals surface area contributed by atoms with Gasteiger partial charge in [-0.05, 0) is 29.7 Å². The number of aryl methyl sites for hydroxylation is 2. The molecule has 0 saturated heterocycles. The van der Waals surface area contributed by atoms with Gasteiger partial charge >= 0.3 is 0 Å². The number of rotatable bonds is 6. The topological polar surface area (TPSA) is 66.5 Å². The minimum atomic E-state index is -0.844. The highest BCUT2D eigenvalue weighted by atomic mass is 19.1. The first-order valence-corrected chi connectivity index (χ1v) is 10.2. The minimum absolute atomic E-state index is 0.0832. The Kier molecular flexibility index (Phi) is 5.95. The molecule has 0 amide bonds. The van der Waals surface area contributed by atoms with Gasteiger partial charge in [0.15, 0.2) is 23.3 Å². The van der Waals surface area contributed by atoms with Gasteiger partial charge in [0, 0.05) is 12.6 Å². The van der Waals surface area contributed by atoms with E-state index in [0.29, 0.717) is 11.6 Å². The van der Waals surface area contributed by atoms with Crippen LogP contribution in [0.25, 0.3) is 11.4 Å². The van der Waals surface area contributed by atoms with E-state index in [1.807, 2.05) is 61.5 Å². The van der Waals surface area contributed by atoms with Crippen molar-refractivity contribution in [2.24, 2.45) is 7.05 Å². The van der Waals surface area contributed by atoms with Crippen molar-refractivity contribution in [1.29, 1.82) is 5.26 Å². The van der Waals surface area contributed by atoms with Crippen LogP contribution in [0.4, 0.5) is 14.5 Å². The maximum absolute atomic E-state index is 14.7. The molecule has 4 aromatic rings. The molecule has 1 atom stereocenters. The number of hydrogen-bond donors (Lipinski definition) is 1. The molecule has 0 spiro atoms. The van der Waals surface area contributed by atoms with Gasteiger partial charge in [0.2, 0.25) is 0 Å². The molecule has 0 saturated carbocycles. The first-order chi connectivity index (χ1) is 15.5. The van der Waals surface area contributed by atoms with Crippen molar-refractivity contribution in [3.63, 3.8) is 0 Å². The molecule has 7 heteroatoms. The zero-order chi connectivity index (χ0) is 22.7. The third-order valence-corrected chi connectivity index (χ3v) is 5.24. The summed E-state index contributed by atoms with van der Waals surface area (Å²) < 4.78 is 31.0. The van der Waals surface area contributed by atoms with E-state index >= 15 is 0 Å². The summed E-state index contributed by atoms with van der Waals surface area (Å²) in [6.45, 7) is 2.04. The predicted molar refractivity (Wildman–Crippen MR) is 119 cm³/mol. The fourth-order valence-electron chi connectivity index (χ4n) is 3.57. The molecular formula is C25H21F2N5. The summed E-state index contributed by atoms with van der Waals surface area (Å²) >= 11 is 0. The summed E-state index contributed by atoms with van der Waals surface area (Å²) in [7, 11) is 1.75. The van der Waals surface area contributed by atoms with Crippen LogP contribution in [-0.2, 0) is 13.5 Å². The Balaban J connectivity index is 1.83. The largest absolute Gasteiger partial charge is 0.367 e. The lowest BCUT2D eigenvalue weighted by Gasteiger charge is -2.21. The molecule has 1 unspecified atom stereocenters. The molecule has 0 bridgehead atoms. The lowest BCUT2D eigenvalue weighted by Crippen LogP contribution is -2.19. The van der Waals surface area contributed by atoms with E-state index in [1.54, 1.807) is 17.8 Å². The van der Waals surface area contributed by atoms with Gasteiger partial charge in [0.1, 0.15) is 11.7 Å². The average Bonchev–Trinajstić information content (AvgIpc) is 3.20. The maximum Gasteiger partial charge on any atom is 0.181 e. The Morgan fingerprint density at radius 3 is 2.41 bits per heavy atom. The van der Waals surface area contributed by atoms with Crippen molar-refractivity contribution in [3.8, 4) is 17.5 Å². The van der Waals surface area contributed by atoms with Gasteiger partial charge in [-0.1, -0.05) is 61.5 Å². The predicted octanol–water partition coefficient (Wildman–Crippen LogP) is 5.40. The van der Waals surface area contributed by atoms with Gasteiger partial charge in [-0.25, -0.2) is 13.8 Å². The van der Waals surface area contributed by atoms with Crippen molar-refractivity contribution >= 4 is 5.69 Å². The van der Waals surface area contributed by atoms with Crippen molar-refractivity contribution in [2.45, 2.75) is 19.4 Å². The van der Waals surface area contributed by atoms with Crippen LogP contribution in [0.1, 0.15) is 35.5 Å². The van der Waals surface area contributed by atoms with Crippen LogP contribution in [0.15, 0.2) is 66.7 Å². The van der Waals surface area contributed by atoms with Crippen LogP contribution in [0.2, 0.25) is 0 Å². The molecule has 0 aliphatic carbocycles. The Morgan fingerprint density at radius 2 is 1.75 bits per heavy atom. The number of hydrogen-bond acceptors (Lipinski definition) is 4. The molecule has 5 nitrogen and oxygen atoms in total. The van der Waals surface area contributed by atoms with Crippen LogP contribution in [0.5, 0.6) is 0 Å². The Bertz CT molecular complexity index is 1270. The second-order valence-corrected chi connectivity index (χ2v) is 7.39. The van der Waals surface area contributed by atoms with Gasteiger partial charge in [0.25, 0.3) is 0 Å². The quantitative estimate of drug-likeness (QED) is 0.446. The molecule has 1 aromatic heterocycles. The van der Waals surface area contributed by atoms with Crippen LogP contribution in [0, 0.1) is 23.0 Å². The molecule has 1 N–H and O–H groups in total. The van der Waals surface area contributed by atoms with Crippen molar-refractivity contribution < 1.29 is 8.78 Å². The van der Waals surface area contributed by atoms with Gasteiger partial charge < -0.3 is 5.32 Å². The highest BCUT2D eigenvalue weighted by Crippen LogP contribution is 2.31. The van der Waals surface area contributed by atoms with E-state index in [9.17, 15) is 8.78 Å². The van der Waals surface area contributed by atoms with Crippen LogP contribution in [0.3, 0.4) is 0 Å². The minimum Gasteiger partial charge on any atom is -0.367 e. The molecule has 4 rings (SSSR count). The SMILES string of the molecule is CCc1cccc(C(Nc2c(F)cc(C#N)cc2F)c2nc(-c3ccccc3)nn2C)c1. The van der Waals surface area contributed by atoms with Gasteiger partial charge in [-0.2, -0.15) is 10.4 Å². The van der Waals surface area contributed by atoms with Gasteiger partial charge in [-0.15, -0.1) is 0 Å². The maximum atomic E-state index is 14.7. The van der Waals surface area contributed by atoms with Crippen LogP contribution in [-0.4, -0.2) is 14.8 Å². The smallest absolute Gasteiger partial charge is 0.181 e. The van der Waals surface area contributed by atoms with E-state index in [0.717, 1.165) is 35.2 Å². The molecule has 0 aliphatic rings. The zero-order valence-corrected chi connectivity index (χ0v) is 17.7. The average molecular weight is 429 g/mol. The summed E-state index contributed by atoms with van der Waals surface area (Å²) in [6, 6.07) is 20.4. The molecule has 0 radical (unpaired) electrons. The zero-order valence-electron chi connectivity index (χ0n) is 17.7. The van der Waals surface area contributed by atoms with E-state index in [1.165, 1.54) is 0 Å². The molecular weight excluding hydrogens is 408 g/mol. The normalized spacial score (nSPS) is 11.7. The van der Waals surface area contributed by atoms with Gasteiger partial charge in [-0.3, -0.25) is 4.68 Å². The van der Waals surface area contributed by atoms with Crippen LogP contribution < -0.4 is 5.32 Å². The summed E-state index contributed by atoms with van der Waals surface area (Å²) in [5, 5.41) is 16.5. The molecule has 0 aliphatic heterocycles. The molecule has 3 aromatic carbocycles. The highest BCUT2D eigenvalue weighted by Gasteiger charge is 2.24. The number of nitriles is 1. The van der Waals surface area contributed by atoms with Crippen LogP contribution >= 0.6 is 0 Å². The summed E-state index contributed by atoms with van der Waals surface area (Å²) in [4.78, 5) is 4.69. The fourth-order valence-corrected chi connectivity index (χ4v) is 3.57. The number of benzene rings is 3. The summed E-state index contributed by atoms with van der Waals surface area (Å²) in [5.74, 6) is -0.671. The van der Waals surface area contributed by atoms with Crippen molar-refractivity contribution in [2.75, 3.05) is 5.32 Å². The standard InChI is InChI=1S/C25H21F2N5/c1-3-16-8-7-11-19(12-16)22(29-23-20(26)13-17(15-28)14-21(23)27)25-30-24(31-32(25)2)18-9-5-4-6-10-18/h4-14,22,29H,3H2,1-2H3. The summed E-state index contributed by atoms with van der Waals surface area (Å²) in [6.07, 6.45) is 0.814. The number of nitrogens with one attached hydrogen (secondary N) is 1. The molecule has 1 heterocycles. The van der Waals surface area contributed by atoms with E-state index < -0.39 is 17.7 Å². The van der Waals surface area contributed by atoms with E-state index in [-0.39, 0.29) is 11.3 Å². The number of anilines is 1. The summed E-state index contributed by atoms with van der Waals surface area (Å²) in [5.41, 5.74) is 2.31. The van der Waals surface area contributed by atoms with Crippen molar-refractivity contribution in [1.82, 2.24) is 14.8 Å². The third kappa shape index (κ3) is 4.21. The number of halogens is 2. The Hall–Kier alpha value is -4.05. The van der Waals surface area contributed by atoms with Gasteiger partial charge in [0.05, 0.1) is 11.6 Å². The lowest BCUT2D eigenvalue weighted by molar-refractivity contribution is 0.581. The fraction of sp³-hybridized carbons (Fsp3) is 0.160. The first-order valence-electron chi connectivity index (χ1n) is 10.2. The Labute approximate surface area is 185 Å². The van der Waals surface area contributed by atoms with E-state index in [4.69, 9.17) is 10.2 Å². The second kappa shape index (κ2) is 8.98. The first kappa shape index (κ1) is 21.2. The highest BCUT2D eigenvalue weighted by molar-refractivity contribution is 5.56. The number of aromatic nitrogens is 3. The Morgan fingerprint density at radius 1 is 1.03 bits per heavy atom. The van der Waals surface area contributed by atoms with E-state index in [2.05, 4.69) is 10.4 Å². The number of nitrogens with zero attached hydrogens (tertiary/aromatic N) is 4. The molecule has 160 valence electrons. The molecule has 32 heavy (non-hydrogen) atoms. The van der Waals surface area contributed by atoms with Crippen molar-refractivity contribution in [3.05, 3.63) is 101 Å². The monoisotopic (exact) mass is 429 g/mol. The molecule has 0 fully saturated rings. The lowest BCUT2D eigenvalue weighted by atomic mass is 10.0. The third-order valence-electron chi connectivity index (χ3n) is 5.24.